The summed E-state index contributed by atoms with van der Waals surface area (Å²) in [5.41, 5.74) is 4.40. The molecule has 5 aromatic carbocycles. The number of hydrogen-bond donors (Lipinski definition) is 5. The zero-order valence-corrected chi connectivity index (χ0v) is 27.7. The molecular weight excluding hydrogens is 636 g/mol. The maximum absolute atomic E-state index is 12.1. The van der Waals surface area contributed by atoms with E-state index in [-0.39, 0.29) is 36.6 Å². The average Bonchev–Trinajstić information content (AvgIpc) is 3.62. The molecule has 50 heavy (non-hydrogen) atoms. The molecule has 2 aliphatic heterocycles. The number of rotatable bonds is 7. The summed E-state index contributed by atoms with van der Waals surface area (Å²) < 4.78 is 24.9. The Balaban J connectivity index is 1.16. The Hall–Kier alpha value is -5.12. The van der Waals surface area contributed by atoms with Crippen LogP contribution in [0.15, 0.2) is 78.9 Å². The molecule has 1 aliphatic carbocycles. The fourth-order valence-corrected chi connectivity index (χ4v) is 8.01. The first-order valence-electron chi connectivity index (χ1n) is 17.2. The molecule has 9 heteroatoms. The summed E-state index contributed by atoms with van der Waals surface area (Å²) in [5.74, 6) is 1.56. The van der Waals surface area contributed by atoms with Crippen molar-refractivity contribution in [3.05, 3.63) is 101 Å². The van der Waals surface area contributed by atoms with Crippen LogP contribution in [0.3, 0.4) is 0 Å². The van der Waals surface area contributed by atoms with Crippen LogP contribution in [0.25, 0.3) is 21.9 Å². The number of phenols is 3. The van der Waals surface area contributed by atoms with Gasteiger partial charge in [0.2, 0.25) is 0 Å². The van der Waals surface area contributed by atoms with Gasteiger partial charge in [-0.25, -0.2) is 0 Å². The first-order valence-corrected chi connectivity index (χ1v) is 17.2. The van der Waals surface area contributed by atoms with E-state index in [0.717, 1.165) is 53.3 Å². The van der Waals surface area contributed by atoms with E-state index in [0.29, 0.717) is 45.9 Å². The molecule has 5 aromatic rings. The molecule has 1 fully saturated rings. The number of benzene rings is 5. The molecule has 1 saturated carbocycles. The molecule has 3 aliphatic rings. The Labute approximate surface area is 289 Å². The van der Waals surface area contributed by atoms with Crippen molar-refractivity contribution in [1.29, 1.82) is 0 Å². The fourth-order valence-electron chi connectivity index (χ4n) is 8.01. The summed E-state index contributed by atoms with van der Waals surface area (Å²) in [7, 11) is 1.54. The van der Waals surface area contributed by atoms with Gasteiger partial charge in [0, 0.05) is 45.7 Å². The molecule has 0 saturated heterocycles. The Morgan fingerprint density at radius 1 is 0.680 bits per heavy atom. The molecular formula is C41H40O9. The lowest BCUT2D eigenvalue weighted by Crippen LogP contribution is -2.40. The van der Waals surface area contributed by atoms with E-state index in [2.05, 4.69) is 0 Å². The SMILES string of the molecule is COc1cc2c(c3ccc(O)cc13)OC[C@@H]([C@H]1COc3c(Cc4cc(O)ccc4-c4cccc(O)c4)cc(OC4CCCC4)cc3[C@H]1O)[C@H]2O. The predicted molar refractivity (Wildman–Crippen MR) is 187 cm³/mol. The van der Waals surface area contributed by atoms with Crippen molar-refractivity contribution in [2.24, 2.45) is 11.8 Å². The van der Waals surface area contributed by atoms with Crippen LogP contribution in [0.1, 0.15) is 60.1 Å². The second-order valence-corrected chi connectivity index (χ2v) is 13.7. The second kappa shape index (κ2) is 13.0. The van der Waals surface area contributed by atoms with Gasteiger partial charge in [-0.2, -0.15) is 0 Å². The maximum atomic E-state index is 12.1. The zero-order valence-electron chi connectivity index (χ0n) is 27.7. The minimum atomic E-state index is -0.997. The average molecular weight is 677 g/mol. The van der Waals surface area contributed by atoms with Crippen molar-refractivity contribution in [1.82, 2.24) is 0 Å². The number of ether oxygens (including phenoxy) is 4. The number of methoxy groups -OCH3 is 1. The Morgan fingerprint density at radius 2 is 1.36 bits per heavy atom. The van der Waals surface area contributed by atoms with Gasteiger partial charge in [-0.1, -0.05) is 18.2 Å². The van der Waals surface area contributed by atoms with Gasteiger partial charge in [-0.05, 0) is 103 Å². The molecule has 258 valence electrons. The standard InChI is InChI=1S/C41H40O9/c1-47-37-19-34-39(46)36(21-49-41(34)31-12-10-27(44)17-32(31)37)35-20-48-40-24(16-29(18-33(40)38(35)45)50-28-7-2-3-8-28)13-23-15-26(43)9-11-30(23)22-5-4-6-25(42)14-22/h4-6,9-12,14-19,28,35-36,38-39,42-46H,2-3,7-8,13,20-21H2,1H3/t35-,36+,38-,39+/m1/s1. The van der Waals surface area contributed by atoms with Crippen LogP contribution in [0, 0.1) is 11.8 Å². The van der Waals surface area contributed by atoms with Crippen molar-refractivity contribution < 1.29 is 44.5 Å². The van der Waals surface area contributed by atoms with Crippen molar-refractivity contribution in [2.75, 3.05) is 20.3 Å². The predicted octanol–water partition coefficient (Wildman–Crippen LogP) is 7.33. The molecule has 0 amide bonds. The highest BCUT2D eigenvalue weighted by Crippen LogP contribution is 2.51. The summed E-state index contributed by atoms with van der Waals surface area (Å²) >= 11 is 0. The van der Waals surface area contributed by atoms with E-state index in [1.165, 1.54) is 0 Å². The molecule has 0 unspecified atom stereocenters. The smallest absolute Gasteiger partial charge is 0.133 e. The number of hydrogen-bond acceptors (Lipinski definition) is 9. The van der Waals surface area contributed by atoms with Crippen LogP contribution in [-0.2, 0) is 6.42 Å². The van der Waals surface area contributed by atoms with Gasteiger partial charge >= 0.3 is 0 Å². The minimum Gasteiger partial charge on any atom is -0.508 e. The van der Waals surface area contributed by atoms with Crippen LogP contribution < -0.4 is 18.9 Å². The number of aliphatic hydroxyl groups is 2. The van der Waals surface area contributed by atoms with Crippen molar-refractivity contribution in [2.45, 2.75) is 50.4 Å². The van der Waals surface area contributed by atoms with E-state index in [9.17, 15) is 25.5 Å². The third kappa shape index (κ3) is 5.80. The van der Waals surface area contributed by atoms with Crippen molar-refractivity contribution in [3.8, 4) is 51.4 Å². The monoisotopic (exact) mass is 676 g/mol. The van der Waals surface area contributed by atoms with E-state index >= 15 is 0 Å². The summed E-state index contributed by atoms with van der Waals surface area (Å²) in [6, 6.07) is 22.7. The Morgan fingerprint density at radius 3 is 2.10 bits per heavy atom. The summed E-state index contributed by atoms with van der Waals surface area (Å²) in [4.78, 5) is 0. The third-order valence-corrected chi connectivity index (χ3v) is 10.5. The van der Waals surface area contributed by atoms with Crippen molar-refractivity contribution >= 4 is 10.8 Å². The van der Waals surface area contributed by atoms with E-state index in [1.807, 2.05) is 24.3 Å². The van der Waals surface area contributed by atoms with Crippen LogP contribution in [0.5, 0.6) is 40.2 Å². The lowest BCUT2D eigenvalue weighted by molar-refractivity contribution is -0.0550. The van der Waals surface area contributed by atoms with Crippen molar-refractivity contribution in [3.63, 3.8) is 0 Å². The quantitative estimate of drug-likeness (QED) is 0.120. The Kier molecular flexibility index (Phi) is 8.33. The molecule has 0 radical (unpaired) electrons. The fraction of sp³-hybridized carbons (Fsp3) is 0.317. The molecule has 0 spiro atoms. The number of fused-ring (bicyclic) bond motifs is 4. The van der Waals surface area contributed by atoms with Gasteiger partial charge in [0.1, 0.15) is 40.2 Å². The van der Waals surface area contributed by atoms with Gasteiger partial charge in [-0.3, -0.25) is 0 Å². The molecule has 2 heterocycles. The van der Waals surface area contributed by atoms with E-state index < -0.39 is 24.0 Å². The topological polar surface area (TPSA) is 138 Å². The van der Waals surface area contributed by atoms with Gasteiger partial charge in [0.25, 0.3) is 0 Å². The molecule has 9 nitrogen and oxygen atoms in total. The second-order valence-electron chi connectivity index (χ2n) is 13.7. The van der Waals surface area contributed by atoms with E-state index in [4.69, 9.17) is 18.9 Å². The zero-order chi connectivity index (χ0) is 34.5. The largest absolute Gasteiger partial charge is 0.508 e. The summed E-state index contributed by atoms with van der Waals surface area (Å²) in [6.45, 7) is 0.293. The number of aliphatic hydroxyl groups excluding tert-OH is 2. The number of phenolic OH excluding ortho intramolecular Hbond substituents is 3. The van der Waals surface area contributed by atoms with E-state index in [1.54, 1.807) is 61.7 Å². The summed E-state index contributed by atoms with van der Waals surface area (Å²) in [5, 5.41) is 56.1. The normalized spacial score (nSPS) is 21.6. The molecule has 8 rings (SSSR count). The maximum Gasteiger partial charge on any atom is 0.133 e. The van der Waals surface area contributed by atoms with Crippen LogP contribution in [0.2, 0.25) is 0 Å². The first kappa shape index (κ1) is 32.1. The lowest BCUT2D eigenvalue weighted by atomic mass is 9.76. The van der Waals surface area contributed by atoms with Gasteiger partial charge in [0.05, 0.1) is 38.6 Å². The highest BCUT2D eigenvalue weighted by molar-refractivity contribution is 5.95. The Bertz CT molecular complexity index is 2070. The molecule has 5 N–H and O–H groups in total. The molecule has 0 bridgehead atoms. The minimum absolute atomic E-state index is 0.0822. The third-order valence-electron chi connectivity index (χ3n) is 10.5. The van der Waals surface area contributed by atoms with Crippen LogP contribution in [-0.4, -0.2) is 52.0 Å². The summed E-state index contributed by atoms with van der Waals surface area (Å²) in [6.07, 6.45) is 2.61. The lowest BCUT2D eigenvalue weighted by Gasteiger charge is -2.41. The number of aromatic hydroxyl groups is 3. The highest BCUT2D eigenvalue weighted by Gasteiger charge is 2.44. The molecule has 4 atom stereocenters. The van der Waals surface area contributed by atoms with Gasteiger partial charge < -0.3 is 44.5 Å². The van der Waals surface area contributed by atoms with Gasteiger partial charge in [-0.15, -0.1) is 0 Å². The first-order chi connectivity index (χ1) is 24.3. The highest BCUT2D eigenvalue weighted by atomic mass is 16.5. The van der Waals surface area contributed by atoms with Crippen LogP contribution >= 0.6 is 0 Å². The van der Waals surface area contributed by atoms with Crippen LogP contribution in [0.4, 0.5) is 0 Å². The molecule has 0 aromatic heterocycles. The van der Waals surface area contributed by atoms with Gasteiger partial charge in [0.15, 0.2) is 0 Å².